The van der Waals surface area contributed by atoms with Crippen LogP contribution in [0, 0.1) is 0 Å². The summed E-state index contributed by atoms with van der Waals surface area (Å²) < 4.78 is 43.9. The first-order valence-corrected chi connectivity index (χ1v) is 13.8. The zero-order valence-electron chi connectivity index (χ0n) is 22.4. The molecule has 0 aliphatic rings. The van der Waals surface area contributed by atoms with Crippen molar-refractivity contribution >= 4 is 35.1 Å². The van der Waals surface area contributed by atoms with E-state index < -0.39 is 17.8 Å². The van der Waals surface area contributed by atoms with Gasteiger partial charge < -0.3 is 10.1 Å². The number of amides is 2. The Morgan fingerprint density at radius 3 is 2.15 bits per heavy atom. The van der Waals surface area contributed by atoms with Crippen LogP contribution in [-0.4, -0.2) is 25.2 Å². The fraction of sp³-hybridized carbons (Fsp3) is 0.188. The number of rotatable bonds is 10. The summed E-state index contributed by atoms with van der Waals surface area (Å²) in [7, 11) is 0. The number of anilines is 2. The van der Waals surface area contributed by atoms with Gasteiger partial charge in [-0.1, -0.05) is 60.3 Å². The lowest BCUT2D eigenvalue weighted by Crippen LogP contribution is -2.36. The maximum Gasteiger partial charge on any atom is 0.416 e. The van der Waals surface area contributed by atoms with Gasteiger partial charge in [-0.2, -0.15) is 13.2 Å². The predicted octanol–water partition coefficient (Wildman–Crippen LogP) is 8.24. The SMILES string of the molecule is CC(=O)OCCc1ccc(Sc2cccc(N(CCc3ccccc3)C(=O)Nc3ccc(C(F)(F)F)cc3)c2)cc1. The van der Waals surface area contributed by atoms with Gasteiger partial charge in [-0.05, 0) is 72.1 Å². The minimum Gasteiger partial charge on any atom is -0.466 e. The van der Waals surface area contributed by atoms with Gasteiger partial charge in [-0.25, -0.2) is 4.79 Å². The van der Waals surface area contributed by atoms with E-state index in [4.69, 9.17) is 4.74 Å². The van der Waals surface area contributed by atoms with E-state index in [-0.39, 0.29) is 11.7 Å². The number of hydrogen-bond acceptors (Lipinski definition) is 4. The Kier molecular flexibility index (Phi) is 10.1. The predicted molar refractivity (Wildman–Crippen MR) is 155 cm³/mol. The summed E-state index contributed by atoms with van der Waals surface area (Å²) >= 11 is 1.54. The van der Waals surface area contributed by atoms with Crippen LogP contribution in [0.2, 0.25) is 0 Å². The molecule has 9 heteroatoms. The Morgan fingerprint density at radius 1 is 0.805 bits per heavy atom. The monoisotopic (exact) mass is 578 g/mol. The second-order valence-corrected chi connectivity index (χ2v) is 10.4. The zero-order valence-corrected chi connectivity index (χ0v) is 23.2. The molecule has 0 aliphatic heterocycles. The van der Waals surface area contributed by atoms with Crippen molar-refractivity contribution in [2.45, 2.75) is 35.7 Å². The first kappa shape index (κ1) is 29.7. The van der Waals surface area contributed by atoms with Crippen LogP contribution in [0.1, 0.15) is 23.6 Å². The molecule has 212 valence electrons. The van der Waals surface area contributed by atoms with Crippen molar-refractivity contribution in [3.05, 3.63) is 120 Å². The van der Waals surface area contributed by atoms with Gasteiger partial charge in [0.25, 0.3) is 0 Å². The van der Waals surface area contributed by atoms with E-state index in [0.29, 0.717) is 31.7 Å². The second kappa shape index (κ2) is 13.9. The molecule has 1 N–H and O–H groups in total. The number of carbonyl (C=O) groups is 2. The van der Waals surface area contributed by atoms with Gasteiger partial charge in [0.05, 0.1) is 12.2 Å². The second-order valence-electron chi connectivity index (χ2n) is 9.23. The molecule has 0 aliphatic carbocycles. The highest BCUT2D eigenvalue weighted by Crippen LogP contribution is 2.32. The Hall–Kier alpha value is -4.24. The maximum absolute atomic E-state index is 13.4. The lowest BCUT2D eigenvalue weighted by atomic mass is 10.1. The molecule has 4 aromatic rings. The van der Waals surface area contributed by atoms with Gasteiger partial charge in [0.2, 0.25) is 0 Å². The molecule has 0 aromatic heterocycles. The Morgan fingerprint density at radius 2 is 1.49 bits per heavy atom. The molecule has 0 atom stereocenters. The summed E-state index contributed by atoms with van der Waals surface area (Å²) in [6, 6.07) is 29.2. The first-order chi connectivity index (χ1) is 19.7. The fourth-order valence-corrected chi connectivity index (χ4v) is 4.93. The zero-order chi connectivity index (χ0) is 29.2. The molecular weight excluding hydrogens is 549 g/mol. The van der Waals surface area contributed by atoms with Crippen molar-refractivity contribution in [1.82, 2.24) is 0 Å². The molecule has 0 unspecified atom stereocenters. The van der Waals surface area contributed by atoms with Crippen LogP contribution in [0.5, 0.6) is 0 Å². The quantitative estimate of drug-likeness (QED) is 0.193. The normalized spacial score (nSPS) is 11.1. The molecule has 0 bridgehead atoms. The summed E-state index contributed by atoms with van der Waals surface area (Å²) in [5, 5.41) is 2.74. The van der Waals surface area contributed by atoms with Crippen LogP contribution < -0.4 is 10.2 Å². The van der Waals surface area contributed by atoms with Crippen molar-refractivity contribution in [3.63, 3.8) is 0 Å². The summed E-state index contributed by atoms with van der Waals surface area (Å²) in [6.45, 7) is 2.08. The molecule has 2 amide bonds. The number of benzene rings is 4. The third-order valence-corrected chi connectivity index (χ3v) is 7.16. The van der Waals surface area contributed by atoms with Crippen LogP contribution in [0.3, 0.4) is 0 Å². The highest BCUT2D eigenvalue weighted by atomic mass is 32.2. The van der Waals surface area contributed by atoms with Gasteiger partial charge in [0, 0.05) is 41.1 Å². The van der Waals surface area contributed by atoms with E-state index in [1.54, 1.807) is 16.7 Å². The highest BCUT2D eigenvalue weighted by Gasteiger charge is 2.30. The van der Waals surface area contributed by atoms with E-state index in [9.17, 15) is 22.8 Å². The average Bonchev–Trinajstić information content (AvgIpc) is 2.94. The van der Waals surface area contributed by atoms with Crippen LogP contribution in [0.25, 0.3) is 0 Å². The van der Waals surface area contributed by atoms with E-state index in [2.05, 4.69) is 5.32 Å². The van der Waals surface area contributed by atoms with E-state index in [1.165, 1.54) is 19.1 Å². The van der Waals surface area contributed by atoms with E-state index in [0.717, 1.165) is 33.1 Å². The number of nitrogens with zero attached hydrogens (tertiary/aromatic N) is 1. The highest BCUT2D eigenvalue weighted by molar-refractivity contribution is 7.99. The molecule has 0 radical (unpaired) electrons. The summed E-state index contributed by atoms with van der Waals surface area (Å²) in [6.07, 6.45) is -3.23. The number of hydrogen-bond donors (Lipinski definition) is 1. The molecule has 4 aromatic carbocycles. The molecule has 41 heavy (non-hydrogen) atoms. The van der Waals surface area contributed by atoms with Gasteiger partial charge in [-0.15, -0.1) is 0 Å². The standard InChI is InChI=1S/C32H29F3N2O3S/c1-23(38)40-21-19-25-10-16-29(17-11-25)41-30-9-5-8-28(22-30)37(20-18-24-6-3-2-4-7-24)31(39)36-27-14-12-26(13-15-27)32(33,34)35/h2-17,22H,18-21H2,1H3,(H,36,39). The number of urea groups is 1. The average molecular weight is 579 g/mol. The number of alkyl halides is 3. The Labute approximate surface area is 241 Å². The summed E-state index contributed by atoms with van der Waals surface area (Å²) in [5.41, 5.74) is 2.26. The lowest BCUT2D eigenvalue weighted by Gasteiger charge is -2.24. The number of halogens is 3. The van der Waals surface area contributed by atoms with Gasteiger partial charge in [0.15, 0.2) is 0 Å². The summed E-state index contributed by atoms with van der Waals surface area (Å²) in [5.74, 6) is -0.303. The van der Waals surface area contributed by atoms with Crippen LogP contribution in [0.15, 0.2) is 113 Å². The molecular formula is C32H29F3N2O3S. The first-order valence-electron chi connectivity index (χ1n) is 13.0. The fourth-order valence-electron chi connectivity index (χ4n) is 4.05. The number of ether oxygens (including phenoxy) is 1. The smallest absolute Gasteiger partial charge is 0.416 e. The molecule has 0 saturated heterocycles. The number of carbonyl (C=O) groups excluding carboxylic acids is 2. The maximum atomic E-state index is 13.4. The van der Waals surface area contributed by atoms with Crippen LogP contribution >= 0.6 is 11.8 Å². The Bertz CT molecular complexity index is 1440. The van der Waals surface area contributed by atoms with Crippen LogP contribution in [-0.2, 0) is 28.5 Å². The molecule has 0 spiro atoms. The largest absolute Gasteiger partial charge is 0.466 e. The third-order valence-electron chi connectivity index (χ3n) is 6.16. The van der Waals surface area contributed by atoms with Gasteiger partial charge in [0.1, 0.15) is 0 Å². The number of esters is 1. The minimum atomic E-state index is -4.45. The van der Waals surface area contributed by atoms with Gasteiger partial charge >= 0.3 is 18.2 Å². The van der Waals surface area contributed by atoms with Crippen LogP contribution in [0.4, 0.5) is 29.3 Å². The molecule has 4 rings (SSSR count). The van der Waals surface area contributed by atoms with Crippen molar-refractivity contribution in [2.24, 2.45) is 0 Å². The lowest BCUT2D eigenvalue weighted by molar-refractivity contribution is -0.141. The Balaban J connectivity index is 1.49. The minimum absolute atomic E-state index is 0.270. The molecule has 5 nitrogen and oxygen atoms in total. The van der Waals surface area contributed by atoms with E-state index >= 15 is 0 Å². The number of nitrogens with one attached hydrogen (secondary N) is 1. The topological polar surface area (TPSA) is 58.6 Å². The molecule has 0 fully saturated rings. The molecule has 0 heterocycles. The van der Waals surface area contributed by atoms with Crippen molar-refractivity contribution in [3.8, 4) is 0 Å². The van der Waals surface area contributed by atoms with Crippen molar-refractivity contribution in [1.29, 1.82) is 0 Å². The summed E-state index contributed by atoms with van der Waals surface area (Å²) in [4.78, 5) is 27.9. The molecule has 0 saturated carbocycles. The third kappa shape index (κ3) is 9.14. The van der Waals surface area contributed by atoms with Gasteiger partial charge in [-0.3, -0.25) is 9.69 Å². The van der Waals surface area contributed by atoms with Crippen molar-refractivity contribution in [2.75, 3.05) is 23.4 Å². The van der Waals surface area contributed by atoms with Crippen molar-refractivity contribution < 1.29 is 27.5 Å². The van der Waals surface area contributed by atoms with E-state index in [1.807, 2.05) is 78.9 Å².